The molecule has 2 aliphatic heterocycles. The monoisotopic (exact) mass is 383 g/mol. The molecule has 0 saturated carbocycles. The van der Waals surface area contributed by atoms with E-state index in [-0.39, 0.29) is 0 Å². The van der Waals surface area contributed by atoms with E-state index in [0.717, 1.165) is 6.92 Å². The van der Waals surface area contributed by atoms with Crippen molar-refractivity contribution in [2.45, 2.75) is 68.3 Å². The summed E-state index contributed by atoms with van der Waals surface area (Å²) in [5.74, 6) is -0.564. The number of ether oxygens (including phenoxy) is 3. The molecule has 0 bridgehead atoms. The third kappa shape index (κ3) is 4.31. The number of hydrogen-bond acceptors (Lipinski definition) is 11. The van der Waals surface area contributed by atoms with Crippen molar-refractivity contribution >= 4 is 5.91 Å². The maximum Gasteiger partial charge on any atom is 0.217 e. The molecular weight excluding hydrogens is 358 g/mol. The van der Waals surface area contributed by atoms with Gasteiger partial charge in [0.15, 0.2) is 12.6 Å². The van der Waals surface area contributed by atoms with Gasteiger partial charge < -0.3 is 55.3 Å². The Morgan fingerprint density at radius 2 is 1.54 bits per heavy atom. The summed E-state index contributed by atoms with van der Waals surface area (Å²) in [7, 11) is 0. The molecule has 10 atom stereocenters. The maximum atomic E-state index is 11.2. The van der Waals surface area contributed by atoms with Crippen LogP contribution in [0.15, 0.2) is 0 Å². The van der Waals surface area contributed by atoms with Crippen LogP contribution in [0.5, 0.6) is 0 Å². The van der Waals surface area contributed by atoms with Crippen LogP contribution in [-0.2, 0) is 19.0 Å². The van der Waals surface area contributed by atoms with E-state index in [1.54, 1.807) is 0 Å². The van der Waals surface area contributed by atoms with Crippen LogP contribution in [0.3, 0.4) is 0 Å². The highest BCUT2D eigenvalue weighted by atomic mass is 16.7. The predicted octanol–water partition coefficient (Wildman–Crippen LogP) is -5.25. The Labute approximate surface area is 148 Å². The quantitative estimate of drug-likeness (QED) is 0.226. The van der Waals surface area contributed by atoms with Crippen LogP contribution in [0.2, 0.25) is 0 Å². The molecule has 0 spiro atoms. The van der Waals surface area contributed by atoms with E-state index in [1.165, 1.54) is 0 Å². The number of nitrogens with one attached hydrogen (secondary N) is 1. The second-order valence-electron chi connectivity index (χ2n) is 6.26. The summed E-state index contributed by atoms with van der Waals surface area (Å²) in [5.41, 5.74) is 0. The van der Waals surface area contributed by atoms with Gasteiger partial charge in [-0.25, -0.2) is 0 Å². The largest absolute Gasteiger partial charge is 0.394 e. The zero-order valence-electron chi connectivity index (χ0n) is 14.0. The lowest BCUT2D eigenvalue weighted by Crippen LogP contribution is -2.67. The van der Waals surface area contributed by atoms with E-state index >= 15 is 0 Å². The molecule has 2 heterocycles. The molecule has 2 fully saturated rings. The van der Waals surface area contributed by atoms with Gasteiger partial charge in [0.25, 0.3) is 0 Å². The zero-order valence-corrected chi connectivity index (χ0v) is 14.0. The Morgan fingerprint density at radius 3 is 2.08 bits per heavy atom. The van der Waals surface area contributed by atoms with Crippen LogP contribution in [0.1, 0.15) is 6.92 Å². The molecule has 0 aliphatic carbocycles. The normalized spacial score (nSPS) is 46.8. The molecule has 152 valence electrons. The summed E-state index contributed by atoms with van der Waals surface area (Å²) in [4.78, 5) is 11.2. The van der Waals surface area contributed by atoms with E-state index in [4.69, 9.17) is 14.2 Å². The van der Waals surface area contributed by atoms with Crippen molar-refractivity contribution in [1.29, 1.82) is 0 Å². The molecule has 2 rings (SSSR count). The summed E-state index contributed by atoms with van der Waals surface area (Å²) in [6.07, 6.45) is -13.6. The summed E-state index contributed by atoms with van der Waals surface area (Å²) in [6.45, 7) is -0.195. The van der Waals surface area contributed by atoms with E-state index in [1.807, 2.05) is 0 Å². The molecule has 0 radical (unpaired) electrons. The van der Waals surface area contributed by atoms with Crippen LogP contribution in [0.4, 0.5) is 0 Å². The Balaban J connectivity index is 2.16. The number of carbonyl (C=O) groups is 1. The second-order valence-corrected chi connectivity index (χ2v) is 6.26. The lowest BCUT2D eigenvalue weighted by atomic mass is 9.95. The average molecular weight is 383 g/mol. The molecule has 12 nitrogen and oxygen atoms in total. The van der Waals surface area contributed by atoms with Gasteiger partial charge in [0, 0.05) is 6.92 Å². The fourth-order valence-electron chi connectivity index (χ4n) is 2.98. The topological polar surface area (TPSA) is 198 Å². The van der Waals surface area contributed by atoms with Crippen molar-refractivity contribution in [1.82, 2.24) is 5.32 Å². The molecule has 0 unspecified atom stereocenters. The third-order valence-electron chi connectivity index (χ3n) is 4.38. The highest BCUT2D eigenvalue weighted by Crippen LogP contribution is 2.28. The first-order valence-corrected chi connectivity index (χ1v) is 8.06. The molecule has 0 aromatic heterocycles. The SMILES string of the molecule is CC(=O)N[C@@H]1[C@H](O)[C@H](O[C@@H]2O[C@H](CO)[C@@H](O)[C@H](O)[C@H]2O)[C@@H](CO)O[C@H]1O. The number of carbonyl (C=O) groups excluding carboxylic acids is 1. The Kier molecular flexibility index (Phi) is 7.27. The highest BCUT2D eigenvalue weighted by Gasteiger charge is 2.50. The van der Waals surface area contributed by atoms with Gasteiger partial charge in [0.2, 0.25) is 5.91 Å². The van der Waals surface area contributed by atoms with Crippen molar-refractivity contribution in [3.8, 4) is 0 Å². The smallest absolute Gasteiger partial charge is 0.217 e. The minimum absolute atomic E-state index is 0.564. The van der Waals surface area contributed by atoms with E-state index in [9.17, 15) is 40.5 Å². The standard InChI is InChI=1S/C14H25NO11/c1-4(18)15-7-9(20)12(6(3-17)24-13(7)23)26-14-11(22)10(21)8(19)5(2-16)25-14/h5-14,16-17,19-23H,2-3H2,1H3,(H,15,18)/t5-,6-,7-,8-,9+,10+,11-,12-,13-,14+/m1/s1. The predicted molar refractivity (Wildman–Crippen MR) is 80.2 cm³/mol. The summed E-state index contributed by atoms with van der Waals surface area (Å²) in [6, 6.07) is -1.29. The fourth-order valence-corrected chi connectivity index (χ4v) is 2.98. The lowest BCUT2D eigenvalue weighted by molar-refractivity contribution is -0.345. The first kappa shape index (κ1) is 21.4. The maximum absolute atomic E-state index is 11.2. The molecule has 0 aromatic rings. The van der Waals surface area contributed by atoms with E-state index in [0.29, 0.717) is 0 Å². The Hall–Kier alpha value is -0.930. The summed E-state index contributed by atoms with van der Waals surface area (Å²) >= 11 is 0. The number of aliphatic hydroxyl groups is 7. The molecule has 0 aromatic carbocycles. The molecule has 2 saturated heterocycles. The van der Waals surface area contributed by atoms with Crippen LogP contribution in [0.25, 0.3) is 0 Å². The summed E-state index contributed by atoms with van der Waals surface area (Å²) in [5, 5.41) is 70.7. The minimum Gasteiger partial charge on any atom is -0.394 e. The van der Waals surface area contributed by atoms with Gasteiger partial charge in [0.1, 0.15) is 48.8 Å². The molecule has 26 heavy (non-hydrogen) atoms. The van der Waals surface area contributed by atoms with Gasteiger partial charge >= 0.3 is 0 Å². The Morgan fingerprint density at radius 1 is 0.923 bits per heavy atom. The zero-order chi connectivity index (χ0) is 19.6. The minimum atomic E-state index is -1.73. The second kappa shape index (κ2) is 8.84. The molecule has 12 heteroatoms. The van der Waals surface area contributed by atoms with Crippen LogP contribution < -0.4 is 5.32 Å². The van der Waals surface area contributed by atoms with E-state index < -0.39 is 80.5 Å². The van der Waals surface area contributed by atoms with Gasteiger partial charge in [-0.05, 0) is 0 Å². The van der Waals surface area contributed by atoms with Gasteiger partial charge in [-0.15, -0.1) is 0 Å². The first-order chi connectivity index (χ1) is 12.2. The van der Waals surface area contributed by atoms with Crippen molar-refractivity contribution in [3.05, 3.63) is 0 Å². The van der Waals surface area contributed by atoms with Crippen molar-refractivity contribution in [3.63, 3.8) is 0 Å². The van der Waals surface area contributed by atoms with Gasteiger partial charge in [-0.2, -0.15) is 0 Å². The number of amides is 1. The average Bonchev–Trinajstić information content (AvgIpc) is 2.60. The van der Waals surface area contributed by atoms with Crippen LogP contribution in [-0.4, -0.2) is 116 Å². The van der Waals surface area contributed by atoms with Gasteiger partial charge in [-0.3, -0.25) is 4.79 Å². The van der Waals surface area contributed by atoms with Crippen molar-refractivity contribution in [2.75, 3.05) is 13.2 Å². The third-order valence-corrected chi connectivity index (χ3v) is 4.38. The number of rotatable bonds is 5. The van der Waals surface area contributed by atoms with Gasteiger partial charge in [0.05, 0.1) is 13.2 Å². The molecular formula is C14H25NO11. The molecule has 2 aliphatic rings. The molecule has 8 N–H and O–H groups in total. The highest BCUT2D eigenvalue weighted by molar-refractivity contribution is 5.73. The lowest BCUT2D eigenvalue weighted by Gasteiger charge is -2.46. The first-order valence-electron chi connectivity index (χ1n) is 8.06. The van der Waals surface area contributed by atoms with Crippen LogP contribution >= 0.6 is 0 Å². The molecule has 1 amide bonds. The van der Waals surface area contributed by atoms with Gasteiger partial charge in [-0.1, -0.05) is 0 Å². The van der Waals surface area contributed by atoms with E-state index in [2.05, 4.69) is 5.32 Å². The number of hydrogen-bond donors (Lipinski definition) is 8. The number of aliphatic hydroxyl groups excluding tert-OH is 7. The van der Waals surface area contributed by atoms with Crippen molar-refractivity contribution < 1.29 is 54.8 Å². The Bertz CT molecular complexity index is 478. The van der Waals surface area contributed by atoms with Crippen LogP contribution in [0, 0.1) is 0 Å². The van der Waals surface area contributed by atoms with Crippen molar-refractivity contribution in [2.24, 2.45) is 0 Å². The summed E-state index contributed by atoms with van der Waals surface area (Å²) < 4.78 is 15.7. The fraction of sp³-hybridized carbons (Fsp3) is 0.929.